The lowest BCUT2D eigenvalue weighted by Gasteiger charge is -2.26. The van der Waals surface area contributed by atoms with E-state index < -0.39 is 10.8 Å². The quantitative estimate of drug-likeness (QED) is 0.201. The number of carbonyl (C=O) groups is 1. The second-order valence-electron chi connectivity index (χ2n) is 8.18. The smallest absolute Gasteiger partial charge is 0.433 e. The number of nitro groups is 1. The number of hydrogen-bond donors (Lipinski definition) is 1. The Bertz CT molecular complexity index is 904. The number of rotatable bonds is 13. The summed E-state index contributed by atoms with van der Waals surface area (Å²) in [6.07, 6.45) is 11.3. The van der Waals surface area contributed by atoms with Crippen LogP contribution >= 0.6 is 0 Å². The SMILES string of the molecule is O=C(N/N=C/c1ccc([N+](=O)[O-])o1)c1ccc(OCCCCCCCN2CCCCC2)cc1. The van der Waals surface area contributed by atoms with Crippen molar-refractivity contribution < 1.29 is 18.9 Å². The van der Waals surface area contributed by atoms with Gasteiger partial charge in [-0.05, 0) is 75.6 Å². The summed E-state index contributed by atoms with van der Waals surface area (Å²) in [7, 11) is 0. The van der Waals surface area contributed by atoms with E-state index in [1.54, 1.807) is 24.3 Å². The molecule has 9 nitrogen and oxygen atoms in total. The zero-order valence-electron chi connectivity index (χ0n) is 18.9. The molecule has 178 valence electrons. The average Bonchev–Trinajstić information content (AvgIpc) is 3.31. The molecule has 0 bridgehead atoms. The number of ether oxygens (including phenoxy) is 1. The number of nitrogens with zero attached hydrogens (tertiary/aromatic N) is 3. The summed E-state index contributed by atoms with van der Waals surface area (Å²) in [6.45, 7) is 4.46. The number of unbranched alkanes of at least 4 members (excludes halogenated alkanes) is 4. The Labute approximate surface area is 193 Å². The number of furan rings is 1. The Kier molecular flexibility index (Phi) is 9.90. The first kappa shape index (κ1) is 24.4. The van der Waals surface area contributed by atoms with Crippen LogP contribution in [0.1, 0.15) is 67.5 Å². The number of amides is 1. The number of piperidine rings is 1. The van der Waals surface area contributed by atoms with Gasteiger partial charge in [-0.3, -0.25) is 14.9 Å². The van der Waals surface area contributed by atoms with Gasteiger partial charge in [0.25, 0.3) is 5.91 Å². The number of hydrazone groups is 1. The molecule has 1 saturated heterocycles. The Morgan fingerprint density at radius 2 is 1.79 bits per heavy atom. The largest absolute Gasteiger partial charge is 0.494 e. The average molecular weight is 457 g/mol. The molecule has 1 aliphatic heterocycles. The highest BCUT2D eigenvalue weighted by atomic mass is 16.6. The first-order valence-electron chi connectivity index (χ1n) is 11.6. The molecule has 1 fully saturated rings. The van der Waals surface area contributed by atoms with Gasteiger partial charge in [-0.1, -0.05) is 25.7 Å². The van der Waals surface area contributed by atoms with Gasteiger partial charge in [0, 0.05) is 5.56 Å². The molecule has 0 spiro atoms. The summed E-state index contributed by atoms with van der Waals surface area (Å²) >= 11 is 0. The van der Waals surface area contributed by atoms with Crippen LogP contribution < -0.4 is 10.2 Å². The summed E-state index contributed by atoms with van der Waals surface area (Å²) in [4.78, 5) is 24.7. The summed E-state index contributed by atoms with van der Waals surface area (Å²) < 4.78 is 10.7. The van der Waals surface area contributed by atoms with Gasteiger partial charge in [-0.2, -0.15) is 5.10 Å². The van der Waals surface area contributed by atoms with Gasteiger partial charge in [-0.15, -0.1) is 0 Å². The van der Waals surface area contributed by atoms with Crippen LogP contribution in [-0.2, 0) is 0 Å². The highest BCUT2D eigenvalue weighted by molar-refractivity contribution is 5.94. The summed E-state index contributed by atoms with van der Waals surface area (Å²) in [5.41, 5.74) is 2.79. The highest BCUT2D eigenvalue weighted by Gasteiger charge is 2.11. The maximum atomic E-state index is 12.1. The Morgan fingerprint density at radius 1 is 1.06 bits per heavy atom. The summed E-state index contributed by atoms with van der Waals surface area (Å²) in [5.74, 6) is 0.116. The molecule has 1 aliphatic rings. The molecule has 3 rings (SSSR count). The van der Waals surface area contributed by atoms with Crippen molar-refractivity contribution in [3.05, 3.63) is 57.8 Å². The normalized spacial score (nSPS) is 14.4. The van der Waals surface area contributed by atoms with Crippen LogP contribution in [0.15, 0.2) is 45.9 Å². The predicted octanol–water partition coefficient (Wildman–Crippen LogP) is 4.77. The van der Waals surface area contributed by atoms with Gasteiger partial charge in [0.1, 0.15) is 10.7 Å². The molecule has 2 heterocycles. The molecular formula is C24H32N4O5. The van der Waals surface area contributed by atoms with Gasteiger partial charge < -0.3 is 14.1 Å². The van der Waals surface area contributed by atoms with E-state index in [1.807, 2.05) is 0 Å². The minimum atomic E-state index is -0.642. The summed E-state index contributed by atoms with van der Waals surface area (Å²) in [5, 5.41) is 14.3. The Hall–Kier alpha value is -3.20. The molecule has 2 aromatic rings. The maximum Gasteiger partial charge on any atom is 0.433 e. The predicted molar refractivity (Wildman–Crippen MR) is 126 cm³/mol. The van der Waals surface area contributed by atoms with Crippen molar-refractivity contribution in [3.63, 3.8) is 0 Å². The Morgan fingerprint density at radius 3 is 2.52 bits per heavy atom. The second kappa shape index (κ2) is 13.4. The van der Waals surface area contributed by atoms with E-state index in [4.69, 9.17) is 9.15 Å². The van der Waals surface area contributed by atoms with Crippen molar-refractivity contribution in [2.45, 2.75) is 51.4 Å². The monoisotopic (exact) mass is 456 g/mol. The van der Waals surface area contributed by atoms with Gasteiger partial charge in [0.05, 0.1) is 18.9 Å². The van der Waals surface area contributed by atoms with Gasteiger partial charge in [-0.25, -0.2) is 5.43 Å². The number of likely N-dealkylation sites (tertiary alicyclic amines) is 1. The van der Waals surface area contributed by atoms with Crippen molar-refractivity contribution >= 4 is 18.0 Å². The molecule has 33 heavy (non-hydrogen) atoms. The van der Waals surface area contributed by atoms with Crippen molar-refractivity contribution in [2.75, 3.05) is 26.2 Å². The lowest BCUT2D eigenvalue weighted by atomic mass is 10.1. The number of nitrogens with one attached hydrogen (secondary N) is 1. The molecule has 1 aromatic carbocycles. The minimum Gasteiger partial charge on any atom is -0.494 e. The molecule has 1 N–H and O–H groups in total. The topological polar surface area (TPSA) is 110 Å². The lowest BCUT2D eigenvalue weighted by molar-refractivity contribution is -0.402. The molecule has 0 atom stereocenters. The highest BCUT2D eigenvalue weighted by Crippen LogP contribution is 2.15. The number of carbonyl (C=O) groups excluding carboxylic acids is 1. The van der Waals surface area contributed by atoms with Crippen LogP contribution in [0.3, 0.4) is 0 Å². The van der Waals surface area contributed by atoms with Crippen molar-refractivity contribution in [3.8, 4) is 5.75 Å². The second-order valence-corrected chi connectivity index (χ2v) is 8.18. The molecule has 1 aromatic heterocycles. The molecule has 1 amide bonds. The third-order valence-corrected chi connectivity index (χ3v) is 5.60. The van der Waals surface area contributed by atoms with Crippen molar-refractivity contribution in [1.29, 1.82) is 0 Å². The molecule has 9 heteroatoms. The van der Waals surface area contributed by atoms with Crippen LogP contribution in [0.25, 0.3) is 0 Å². The number of hydrogen-bond acceptors (Lipinski definition) is 7. The molecular weight excluding hydrogens is 424 g/mol. The fourth-order valence-electron chi connectivity index (χ4n) is 3.77. The zero-order chi connectivity index (χ0) is 23.3. The fourth-order valence-corrected chi connectivity index (χ4v) is 3.77. The fraction of sp³-hybridized carbons (Fsp3) is 0.500. The minimum absolute atomic E-state index is 0.174. The third kappa shape index (κ3) is 8.69. The van der Waals surface area contributed by atoms with E-state index in [-0.39, 0.29) is 11.6 Å². The van der Waals surface area contributed by atoms with Crippen LogP contribution in [0.5, 0.6) is 5.75 Å². The molecule has 0 radical (unpaired) electrons. The lowest BCUT2D eigenvalue weighted by Crippen LogP contribution is -2.30. The van der Waals surface area contributed by atoms with Crippen molar-refractivity contribution in [1.82, 2.24) is 10.3 Å². The van der Waals surface area contributed by atoms with Crippen LogP contribution in [0, 0.1) is 10.1 Å². The maximum absolute atomic E-state index is 12.1. The first-order chi connectivity index (χ1) is 16.1. The summed E-state index contributed by atoms with van der Waals surface area (Å²) in [6, 6.07) is 9.46. The molecule has 0 aliphatic carbocycles. The van der Waals surface area contributed by atoms with Crippen molar-refractivity contribution in [2.24, 2.45) is 5.10 Å². The van der Waals surface area contributed by atoms with Crippen LogP contribution in [-0.4, -0.2) is 48.2 Å². The Balaban J connectivity index is 1.26. The van der Waals surface area contributed by atoms with E-state index in [2.05, 4.69) is 15.4 Å². The van der Waals surface area contributed by atoms with E-state index in [1.165, 1.54) is 76.5 Å². The molecule has 0 unspecified atom stereocenters. The standard InChI is InChI=1S/C24H32N4O5/c29-24(26-25-19-22-13-14-23(33-22)28(30)31)20-9-11-21(12-10-20)32-18-8-3-1-2-5-15-27-16-6-4-7-17-27/h9-14,19H,1-8,15-18H2,(H,26,29)/b25-19+. The third-order valence-electron chi connectivity index (χ3n) is 5.60. The van der Waals surface area contributed by atoms with E-state index in [9.17, 15) is 14.9 Å². The van der Waals surface area contributed by atoms with E-state index in [0.29, 0.717) is 12.2 Å². The van der Waals surface area contributed by atoms with Gasteiger partial charge >= 0.3 is 5.88 Å². The van der Waals surface area contributed by atoms with Gasteiger partial charge in [0.15, 0.2) is 5.76 Å². The number of benzene rings is 1. The van der Waals surface area contributed by atoms with Gasteiger partial charge in [0.2, 0.25) is 0 Å². The van der Waals surface area contributed by atoms with Crippen LogP contribution in [0.4, 0.5) is 5.88 Å². The first-order valence-corrected chi connectivity index (χ1v) is 11.6. The zero-order valence-corrected chi connectivity index (χ0v) is 18.9. The van der Waals surface area contributed by atoms with E-state index in [0.717, 1.165) is 18.6 Å². The molecule has 0 saturated carbocycles. The van der Waals surface area contributed by atoms with Crippen LogP contribution in [0.2, 0.25) is 0 Å². The van der Waals surface area contributed by atoms with E-state index >= 15 is 0 Å².